The van der Waals surface area contributed by atoms with Gasteiger partial charge < -0.3 is 4.74 Å². The van der Waals surface area contributed by atoms with E-state index in [1.807, 2.05) is 12.2 Å². The van der Waals surface area contributed by atoms with Crippen LogP contribution < -0.4 is 0 Å². The Morgan fingerprint density at radius 2 is 2.13 bits per heavy atom. The Hall–Kier alpha value is -1.67. The van der Waals surface area contributed by atoms with Crippen LogP contribution in [0.1, 0.15) is 37.3 Å². The Kier molecular flexibility index (Phi) is 4.54. The van der Waals surface area contributed by atoms with Gasteiger partial charge >= 0.3 is 0 Å². The Morgan fingerprint density at radius 3 is 2.83 bits per heavy atom. The Bertz CT molecular complexity index is 626. The molecular formula is C21H26O2. The molecule has 0 saturated carbocycles. The number of rotatable bonds is 5. The van der Waals surface area contributed by atoms with Gasteiger partial charge in [-0.1, -0.05) is 42.8 Å². The number of carbonyl (C=O) groups is 1. The molecule has 0 bridgehead atoms. The summed E-state index contributed by atoms with van der Waals surface area (Å²) < 4.78 is 6.27. The lowest BCUT2D eigenvalue weighted by atomic mass is 9.68. The van der Waals surface area contributed by atoms with Crippen molar-refractivity contribution < 1.29 is 9.53 Å². The second kappa shape index (κ2) is 6.45. The number of allylic oxidation sites excluding steroid dienone is 2. The zero-order valence-corrected chi connectivity index (χ0v) is 14.2. The van der Waals surface area contributed by atoms with Crippen LogP contribution in [-0.2, 0) is 16.0 Å². The number of ether oxygens (including phenoxy) is 1. The lowest BCUT2D eigenvalue weighted by Crippen LogP contribution is -2.44. The van der Waals surface area contributed by atoms with Crippen molar-refractivity contribution in [2.75, 3.05) is 6.61 Å². The van der Waals surface area contributed by atoms with Gasteiger partial charge in [0.05, 0.1) is 12.2 Å². The Morgan fingerprint density at radius 1 is 1.39 bits per heavy atom. The predicted molar refractivity (Wildman–Crippen MR) is 93.4 cm³/mol. The number of aryl methyl sites for hydroxylation is 1. The van der Waals surface area contributed by atoms with Gasteiger partial charge in [-0.3, -0.25) is 4.79 Å². The summed E-state index contributed by atoms with van der Waals surface area (Å²) in [5.41, 5.74) is 3.57. The van der Waals surface area contributed by atoms with Crippen molar-refractivity contribution in [1.82, 2.24) is 0 Å². The van der Waals surface area contributed by atoms with Crippen molar-refractivity contribution in [1.29, 1.82) is 0 Å². The highest BCUT2D eigenvalue weighted by atomic mass is 16.5. The van der Waals surface area contributed by atoms with Gasteiger partial charge in [0.2, 0.25) is 0 Å². The molecule has 1 saturated heterocycles. The molecule has 2 heteroatoms. The second-order valence-electron chi connectivity index (χ2n) is 7.08. The van der Waals surface area contributed by atoms with E-state index in [1.54, 1.807) is 0 Å². The summed E-state index contributed by atoms with van der Waals surface area (Å²) in [5.74, 6) is 0.637. The Balaban J connectivity index is 1.85. The Labute approximate surface area is 139 Å². The molecule has 2 nitrogen and oxygen atoms in total. The van der Waals surface area contributed by atoms with Gasteiger partial charge in [-0.05, 0) is 55.7 Å². The van der Waals surface area contributed by atoms with E-state index in [-0.39, 0.29) is 17.3 Å². The average molecular weight is 310 g/mol. The number of hydrogen-bond donors (Lipinski definition) is 0. The van der Waals surface area contributed by atoms with Gasteiger partial charge in [-0.25, -0.2) is 0 Å². The zero-order valence-electron chi connectivity index (χ0n) is 14.2. The van der Waals surface area contributed by atoms with Crippen molar-refractivity contribution in [3.05, 3.63) is 59.7 Å². The first kappa shape index (κ1) is 16.2. The van der Waals surface area contributed by atoms with Crippen molar-refractivity contribution in [2.45, 2.75) is 45.1 Å². The van der Waals surface area contributed by atoms with Gasteiger partial charge in [0.15, 0.2) is 5.78 Å². The van der Waals surface area contributed by atoms with Crippen LogP contribution in [0.25, 0.3) is 0 Å². The molecule has 1 fully saturated rings. The maximum Gasteiger partial charge on any atom is 0.159 e. The van der Waals surface area contributed by atoms with E-state index in [0.717, 1.165) is 32.3 Å². The number of fused-ring (bicyclic) bond motifs is 1. The first-order valence-electron chi connectivity index (χ1n) is 8.60. The lowest BCUT2D eigenvalue weighted by Gasteiger charge is -2.41. The summed E-state index contributed by atoms with van der Waals surface area (Å²) in [7, 11) is 0. The molecule has 0 N–H and O–H groups in total. The van der Waals surface area contributed by atoms with Gasteiger partial charge in [-0.15, -0.1) is 6.58 Å². The minimum atomic E-state index is -0.257. The summed E-state index contributed by atoms with van der Waals surface area (Å²) in [4.78, 5) is 12.3. The molecule has 1 heterocycles. The third-order valence-electron chi connectivity index (χ3n) is 5.45. The molecule has 1 aromatic carbocycles. The number of benzene rings is 1. The molecule has 1 aliphatic heterocycles. The summed E-state index contributed by atoms with van der Waals surface area (Å²) in [6.45, 7) is 8.91. The molecule has 0 amide bonds. The maximum atomic E-state index is 12.3. The van der Waals surface area contributed by atoms with Gasteiger partial charge in [0.25, 0.3) is 0 Å². The van der Waals surface area contributed by atoms with E-state index in [0.29, 0.717) is 5.92 Å². The standard InChI is InChI=1S/C21H26O2/c1-4-5-18-14-21(19(10-11-23-21)13-20(18)22)16(3)12-17-8-6-15(2)7-9-17/h4,6-9,13,16,18H,1,5,10-12,14H2,2-3H3/t16?,18-,21+/m0/s1. The number of hydrogen-bond acceptors (Lipinski definition) is 2. The third kappa shape index (κ3) is 3.05. The van der Waals surface area contributed by atoms with E-state index >= 15 is 0 Å². The fourth-order valence-electron chi connectivity index (χ4n) is 4.09. The average Bonchev–Trinajstić information content (AvgIpc) is 2.94. The highest BCUT2D eigenvalue weighted by Crippen LogP contribution is 2.47. The van der Waals surface area contributed by atoms with Crippen LogP contribution in [0.15, 0.2) is 48.6 Å². The predicted octanol–water partition coefficient (Wildman–Crippen LogP) is 4.42. The summed E-state index contributed by atoms with van der Waals surface area (Å²) in [6.07, 6.45) is 7.14. The zero-order chi connectivity index (χ0) is 16.4. The highest BCUT2D eigenvalue weighted by molar-refractivity contribution is 5.94. The van der Waals surface area contributed by atoms with E-state index in [2.05, 4.69) is 44.7 Å². The maximum absolute atomic E-state index is 12.3. The van der Waals surface area contributed by atoms with E-state index in [4.69, 9.17) is 4.74 Å². The van der Waals surface area contributed by atoms with Crippen molar-refractivity contribution >= 4 is 5.78 Å². The quantitative estimate of drug-likeness (QED) is 0.752. The topological polar surface area (TPSA) is 26.3 Å². The molecule has 0 radical (unpaired) electrons. The largest absolute Gasteiger partial charge is 0.370 e. The normalized spacial score (nSPS) is 28.2. The second-order valence-corrected chi connectivity index (χ2v) is 7.08. The lowest BCUT2D eigenvalue weighted by molar-refractivity contribution is -0.123. The molecule has 3 rings (SSSR count). The molecule has 1 aliphatic carbocycles. The molecule has 122 valence electrons. The fraction of sp³-hybridized carbons (Fsp3) is 0.476. The molecular weight excluding hydrogens is 284 g/mol. The first-order chi connectivity index (χ1) is 11.0. The van der Waals surface area contributed by atoms with Crippen LogP contribution in [0.5, 0.6) is 0 Å². The van der Waals surface area contributed by atoms with Crippen LogP contribution in [-0.4, -0.2) is 18.0 Å². The van der Waals surface area contributed by atoms with E-state index in [1.165, 1.54) is 16.7 Å². The number of ketones is 1. The molecule has 1 unspecified atom stereocenters. The van der Waals surface area contributed by atoms with Crippen LogP contribution in [0.2, 0.25) is 0 Å². The molecule has 0 aromatic heterocycles. The minimum absolute atomic E-state index is 0.0230. The van der Waals surface area contributed by atoms with Crippen LogP contribution in [0, 0.1) is 18.8 Å². The smallest absolute Gasteiger partial charge is 0.159 e. The van der Waals surface area contributed by atoms with E-state index < -0.39 is 0 Å². The van der Waals surface area contributed by atoms with Gasteiger partial charge in [0.1, 0.15) is 0 Å². The fourth-order valence-corrected chi connectivity index (χ4v) is 4.09. The minimum Gasteiger partial charge on any atom is -0.370 e. The molecule has 0 spiro atoms. The van der Waals surface area contributed by atoms with Gasteiger partial charge in [0, 0.05) is 5.92 Å². The molecule has 2 aliphatic rings. The summed E-state index contributed by atoms with van der Waals surface area (Å²) in [5, 5.41) is 0. The SMILES string of the molecule is C=CC[C@H]1C[C@]2(C(C)Cc3ccc(C)cc3)OCCC2=CC1=O. The van der Waals surface area contributed by atoms with Crippen LogP contribution >= 0.6 is 0 Å². The monoisotopic (exact) mass is 310 g/mol. The van der Waals surface area contributed by atoms with Crippen molar-refractivity contribution in [3.63, 3.8) is 0 Å². The summed E-state index contributed by atoms with van der Waals surface area (Å²) in [6, 6.07) is 8.74. The van der Waals surface area contributed by atoms with Crippen molar-refractivity contribution in [2.24, 2.45) is 11.8 Å². The number of carbonyl (C=O) groups excluding carboxylic acids is 1. The molecule has 23 heavy (non-hydrogen) atoms. The van der Waals surface area contributed by atoms with Gasteiger partial charge in [-0.2, -0.15) is 0 Å². The summed E-state index contributed by atoms with van der Waals surface area (Å²) >= 11 is 0. The molecule has 3 atom stereocenters. The first-order valence-corrected chi connectivity index (χ1v) is 8.60. The van der Waals surface area contributed by atoms with Crippen molar-refractivity contribution in [3.8, 4) is 0 Å². The van der Waals surface area contributed by atoms with Crippen LogP contribution in [0.3, 0.4) is 0 Å². The van der Waals surface area contributed by atoms with Crippen LogP contribution in [0.4, 0.5) is 0 Å². The highest BCUT2D eigenvalue weighted by Gasteiger charge is 2.49. The molecule has 1 aromatic rings. The third-order valence-corrected chi connectivity index (χ3v) is 5.45. The van der Waals surface area contributed by atoms with E-state index in [9.17, 15) is 4.79 Å².